The number of fused-ring (bicyclic) bond motifs is 3. The predicted octanol–water partition coefficient (Wildman–Crippen LogP) is 6.89. The van der Waals surface area contributed by atoms with E-state index in [1.54, 1.807) is 55.7 Å². The molecule has 6 atom stereocenters. The zero-order valence-electron chi connectivity index (χ0n) is 28.0. The Morgan fingerprint density at radius 1 is 1.16 bits per heavy atom. The summed E-state index contributed by atoms with van der Waals surface area (Å²) in [4.78, 5) is 24.4. The Kier molecular flexibility index (Phi) is 10.9. The quantitative estimate of drug-likeness (QED) is 0.292. The monoisotopic (exact) mass is 710 g/mol. The highest BCUT2D eigenvalue weighted by molar-refractivity contribution is 7.90. The summed E-state index contributed by atoms with van der Waals surface area (Å²) < 4.78 is 58.1. The summed E-state index contributed by atoms with van der Waals surface area (Å²) in [7, 11) is -4.07. The fourth-order valence-electron chi connectivity index (χ4n) is 7.37. The van der Waals surface area contributed by atoms with Gasteiger partial charge in [0, 0.05) is 31.0 Å². The fourth-order valence-corrected chi connectivity index (χ4v) is 8.88. The standard InChI is InChI=1S/C37H44ClFN4O5S/c1-4-25-19-34(48-22-35-40-15-7-16-41-35)29-12-9-27(29)20-43-21-28-10-13-31(38)36(39)30(28)8-5-6-17-47-33-14-11-26(18-32(33)43)37(44)42-49(45,46)24(3)23(25)2/h4,7,10-11,13-16,18,23-25,27,29,34H,1,5-6,8-9,12,17,19-22H2,2-3H3,(H,42,44)/t23-,24-,25+,27+,29-,34+/m1/s1. The fraction of sp³-hybridized carbons (Fsp3) is 0.486. The molecule has 1 saturated carbocycles. The number of anilines is 1. The lowest BCUT2D eigenvalue weighted by Crippen LogP contribution is -2.45. The van der Waals surface area contributed by atoms with E-state index in [0.29, 0.717) is 68.2 Å². The van der Waals surface area contributed by atoms with E-state index in [1.165, 1.54) is 0 Å². The highest BCUT2D eigenvalue weighted by atomic mass is 35.5. The molecule has 9 nitrogen and oxygen atoms in total. The Morgan fingerprint density at radius 2 is 1.96 bits per heavy atom. The van der Waals surface area contributed by atoms with Crippen molar-refractivity contribution in [2.24, 2.45) is 23.7 Å². The molecular weight excluding hydrogens is 667 g/mol. The second-order valence-corrected chi connectivity index (χ2v) is 16.0. The van der Waals surface area contributed by atoms with Crippen molar-refractivity contribution in [3.05, 3.63) is 94.8 Å². The van der Waals surface area contributed by atoms with Gasteiger partial charge in [0.2, 0.25) is 10.0 Å². The third-order valence-electron chi connectivity index (χ3n) is 10.7. The molecule has 2 aromatic carbocycles. The SMILES string of the molecule is C=C[C@H]1C[C@H](OCc2ncccn2)[C@@H]2CC[C@H]2CN2Cc3ccc(Cl)c(F)c3CCCCOc3ccc(cc32)C(=O)NS(=O)(=O)[C@H](C)[C@H]1C. The van der Waals surface area contributed by atoms with E-state index >= 15 is 4.39 Å². The van der Waals surface area contributed by atoms with Crippen LogP contribution >= 0.6 is 11.6 Å². The summed E-state index contributed by atoms with van der Waals surface area (Å²) in [6.45, 7) is 9.14. The van der Waals surface area contributed by atoms with E-state index in [9.17, 15) is 13.2 Å². The van der Waals surface area contributed by atoms with E-state index in [2.05, 4.69) is 26.2 Å². The molecule has 3 aromatic rings. The molecule has 0 unspecified atom stereocenters. The second-order valence-electron chi connectivity index (χ2n) is 13.6. The molecule has 1 N–H and O–H groups in total. The van der Waals surface area contributed by atoms with Gasteiger partial charge in [-0.25, -0.2) is 27.5 Å². The van der Waals surface area contributed by atoms with Crippen molar-refractivity contribution in [1.82, 2.24) is 14.7 Å². The van der Waals surface area contributed by atoms with Crippen molar-refractivity contribution >= 4 is 33.2 Å². The number of sulfonamides is 1. The lowest BCUT2D eigenvalue weighted by atomic mass is 9.68. The van der Waals surface area contributed by atoms with Gasteiger partial charge in [-0.3, -0.25) is 4.79 Å². The summed E-state index contributed by atoms with van der Waals surface area (Å²) in [5.74, 6) is -0.227. The maximum Gasteiger partial charge on any atom is 0.264 e. The molecule has 0 radical (unpaired) electrons. The van der Waals surface area contributed by atoms with Gasteiger partial charge >= 0.3 is 0 Å². The molecule has 1 fully saturated rings. The first kappa shape index (κ1) is 35.3. The Balaban J connectivity index is 1.45. The predicted molar refractivity (Wildman–Crippen MR) is 187 cm³/mol. The molecule has 262 valence electrons. The first-order valence-corrected chi connectivity index (χ1v) is 19.0. The number of nitrogens with zero attached hydrogens (tertiary/aromatic N) is 3. The van der Waals surface area contributed by atoms with Crippen molar-refractivity contribution < 1.29 is 27.1 Å². The average Bonchev–Trinajstić information content (AvgIpc) is 3.11. The molecule has 49 heavy (non-hydrogen) atoms. The first-order valence-electron chi connectivity index (χ1n) is 17.1. The number of aromatic nitrogens is 2. The number of hydrogen-bond acceptors (Lipinski definition) is 8. The molecule has 2 aliphatic heterocycles. The molecule has 3 aliphatic rings. The molecular formula is C37H44ClFN4O5S. The zero-order valence-corrected chi connectivity index (χ0v) is 29.6. The number of benzene rings is 2. The van der Waals surface area contributed by atoms with Crippen LogP contribution in [0.1, 0.15) is 73.3 Å². The van der Waals surface area contributed by atoms with Crippen molar-refractivity contribution in [1.29, 1.82) is 0 Å². The maximum absolute atomic E-state index is 15.5. The number of carbonyl (C=O) groups excluding carboxylic acids is 1. The molecule has 2 bridgehead atoms. The number of carbonyl (C=O) groups is 1. The minimum absolute atomic E-state index is 0.0872. The van der Waals surface area contributed by atoms with Crippen LogP contribution in [0.3, 0.4) is 0 Å². The van der Waals surface area contributed by atoms with Crippen LogP contribution in [0.15, 0.2) is 61.4 Å². The average molecular weight is 711 g/mol. The number of rotatable bonds is 4. The number of amides is 1. The largest absolute Gasteiger partial charge is 0.491 e. The highest BCUT2D eigenvalue weighted by Gasteiger charge is 2.42. The summed E-state index contributed by atoms with van der Waals surface area (Å²) in [5.41, 5.74) is 2.23. The van der Waals surface area contributed by atoms with Crippen LogP contribution in [0.2, 0.25) is 5.02 Å². The summed E-state index contributed by atoms with van der Waals surface area (Å²) in [6.07, 6.45) is 9.27. The van der Waals surface area contributed by atoms with E-state index in [0.717, 1.165) is 18.4 Å². The van der Waals surface area contributed by atoms with Crippen molar-refractivity contribution in [2.45, 2.75) is 76.9 Å². The number of allylic oxidation sites excluding steroid dienone is 1. The lowest BCUT2D eigenvalue weighted by Gasteiger charge is -2.45. The maximum atomic E-state index is 15.5. The second kappa shape index (κ2) is 15.1. The van der Waals surface area contributed by atoms with Crippen LogP contribution in [0.5, 0.6) is 5.75 Å². The van der Waals surface area contributed by atoms with Gasteiger partial charge in [0.05, 0.1) is 28.7 Å². The number of hydrogen-bond donors (Lipinski definition) is 1. The Bertz CT molecular complexity index is 1780. The molecule has 3 heterocycles. The third kappa shape index (κ3) is 7.79. The summed E-state index contributed by atoms with van der Waals surface area (Å²) in [6, 6.07) is 10.2. The summed E-state index contributed by atoms with van der Waals surface area (Å²) in [5, 5.41) is -0.803. The van der Waals surface area contributed by atoms with Crippen molar-refractivity contribution in [3.8, 4) is 5.75 Å². The smallest absolute Gasteiger partial charge is 0.264 e. The van der Waals surface area contributed by atoms with Crippen molar-refractivity contribution in [2.75, 3.05) is 18.1 Å². The topological polar surface area (TPSA) is 111 Å². The molecule has 0 spiro atoms. The normalized spacial score (nSPS) is 27.3. The van der Waals surface area contributed by atoms with Gasteiger partial charge in [-0.05, 0) is 111 Å². The zero-order chi connectivity index (χ0) is 34.7. The van der Waals surface area contributed by atoms with Crippen LogP contribution in [0.25, 0.3) is 0 Å². The number of nitrogens with one attached hydrogen (secondary N) is 1. The van der Waals surface area contributed by atoms with Gasteiger partial charge in [-0.1, -0.05) is 30.7 Å². The Morgan fingerprint density at radius 3 is 2.69 bits per heavy atom. The molecule has 0 saturated heterocycles. The molecule has 1 aliphatic carbocycles. The first-order chi connectivity index (χ1) is 23.6. The summed E-state index contributed by atoms with van der Waals surface area (Å²) >= 11 is 6.26. The Labute approximate surface area is 293 Å². The van der Waals surface area contributed by atoms with Crippen LogP contribution < -0.4 is 14.4 Å². The number of halogens is 2. The van der Waals surface area contributed by atoms with Gasteiger partial charge in [-0.15, -0.1) is 6.58 Å². The molecule has 12 heteroatoms. The third-order valence-corrected chi connectivity index (χ3v) is 12.9. The molecule has 6 rings (SSSR count). The van der Waals surface area contributed by atoms with Gasteiger partial charge in [0.1, 0.15) is 18.2 Å². The lowest BCUT2D eigenvalue weighted by molar-refractivity contribution is -0.0639. The van der Waals surface area contributed by atoms with Gasteiger partial charge in [0.25, 0.3) is 5.91 Å². The number of ether oxygens (including phenoxy) is 2. The van der Waals surface area contributed by atoms with Gasteiger partial charge < -0.3 is 14.4 Å². The van der Waals surface area contributed by atoms with E-state index < -0.39 is 27.0 Å². The van der Waals surface area contributed by atoms with E-state index in [1.807, 2.05) is 13.0 Å². The van der Waals surface area contributed by atoms with Crippen LogP contribution in [0, 0.1) is 29.5 Å². The van der Waals surface area contributed by atoms with Crippen LogP contribution in [-0.4, -0.2) is 48.8 Å². The minimum Gasteiger partial charge on any atom is -0.491 e. The van der Waals surface area contributed by atoms with Crippen LogP contribution in [0.4, 0.5) is 10.1 Å². The molecule has 1 aromatic heterocycles. The van der Waals surface area contributed by atoms with Gasteiger partial charge in [-0.2, -0.15) is 0 Å². The van der Waals surface area contributed by atoms with E-state index in [4.69, 9.17) is 21.1 Å². The Hall–Kier alpha value is -3.54. The van der Waals surface area contributed by atoms with Crippen molar-refractivity contribution in [3.63, 3.8) is 0 Å². The molecule has 1 amide bonds. The minimum atomic E-state index is -4.07. The van der Waals surface area contributed by atoms with Crippen LogP contribution in [-0.2, 0) is 34.3 Å². The van der Waals surface area contributed by atoms with Gasteiger partial charge in [0.15, 0.2) is 5.82 Å². The van der Waals surface area contributed by atoms with E-state index in [-0.39, 0.29) is 47.0 Å². The highest BCUT2D eigenvalue weighted by Crippen LogP contribution is 2.44.